The Morgan fingerprint density at radius 3 is 2.44 bits per heavy atom. The lowest BCUT2D eigenvalue weighted by Gasteiger charge is -2.08. The van der Waals surface area contributed by atoms with Crippen LogP contribution in [0.4, 0.5) is 8.78 Å². The third-order valence-electron chi connectivity index (χ3n) is 2.97. The van der Waals surface area contributed by atoms with Gasteiger partial charge in [0.1, 0.15) is 0 Å². The smallest absolute Gasteiger partial charge is 0.167 e. The first-order valence-electron chi connectivity index (χ1n) is 5.61. The molecular weight excluding hydrogens is 230 g/mol. The number of hydrogen-bond donors (Lipinski definition) is 0. The van der Waals surface area contributed by atoms with E-state index in [-0.39, 0.29) is 5.56 Å². The zero-order valence-corrected chi connectivity index (χ0v) is 9.45. The summed E-state index contributed by atoms with van der Waals surface area (Å²) in [4.78, 5) is 0. The normalized spacial score (nSPS) is 10.8. The predicted molar refractivity (Wildman–Crippen MR) is 68.1 cm³/mol. The van der Waals surface area contributed by atoms with Crippen LogP contribution in [-0.2, 0) is 0 Å². The van der Waals surface area contributed by atoms with E-state index in [1.807, 2.05) is 36.4 Å². The molecule has 18 heavy (non-hydrogen) atoms. The molecule has 0 saturated carbocycles. The van der Waals surface area contributed by atoms with Crippen LogP contribution >= 0.6 is 0 Å². The molecule has 3 aromatic rings. The van der Waals surface area contributed by atoms with Crippen molar-refractivity contribution in [1.29, 1.82) is 0 Å². The highest BCUT2D eigenvalue weighted by Crippen LogP contribution is 2.30. The Labute approximate surface area is 104 Å². The SMILES string of the molecule is Fc1[c]ccc(-c2cccc3ccccc23)c1F. The maximum atomic E-state index is 13.8. The third kappa shape index (κ3) is 1.66. The van der Waals surface area contributed by atoms with Gasteiger partial charge in [0, 0.05) is 11.6 Å². The summed E-state index contributed by atoms with van der Waals surface area (Å²) in [6, 6.07) is 18.4. The fraction of sp³-hybridized carbons (Fsp3) is 0. The Bertz CT molecular complexity index is 712. The van der Waals surface area contributed by atoms with E-state index in [4.69, 9.17) is 0 Å². The van der Waals surface area contributed by atoms with Gasteiger partial charge in [-0.1, -0.05) is 54.6 Å². The quantitative estimate of drug-likeness (QED) is 0.582. The van der Waals surface area contributed by atoms with Gasteiger partial charge in [0.05, 0.1) is 0 Å². The summed E-state index contributed by atoms with van der Waals surface area (Å²) in [5.41, 5.74) is 0.960. The minimum absolute atomic E-state index is 0.267. The Hall–Kier alpha value is -2.22. The van der Waals surface area contributed by atoms with Gasteiger partial charge in [-0.15, -0.1) is 0 Å². The van der Waals surface area contributed by atoms with Crippen molar-refractivity contribution in [3.8, 4) is 11.1 Å². The average molecular weight is 239 g/mol. The Balaban J connectivity index is 2.35. The second kappa shape index (κ2) is 4.22. The van der Waals surface area contributed by atoms with E-state index in [1.165, 1.54) is 6.07 Å². The van der Waals surface area contributed by atoms with Crippen LogP contribution in [0, 0.1) is 17.7 Å². The summed E-state index contributed by atoms with van der Waals surface area (Å²) >= 11 is 0. The Kier molecular flexibility index (Phi) is 2.56. The molecule has 1 radical (unpaired) electrons. The molecule has 0 N–H and O–H groups in total. The first kappa shape index (κ1) is 10.9. The minimum atomic E-state index is -0.944. The van der Waals surface area contributed by atoms with Crippen molar-refractivity contribution < 1.29 is 8.78 Å². The van der Waals surface area contributed by atoms with E-state index in [0.717, 1.165) is 10.8 Å². The molecule has 0 amide bonds. The van der Waals surface area contributed by atoms with Crippen molar-refractivity contribution in [1.82, 2.24) is 0 Å². The topological polar surface area (TPSA) is 0 Å². The fourth-order valence-electron chi connectivity index (χ4n) is 2.12. The molecular formula is C16H9F2. The summed E-state index contributed by atoms with van der Waals surface area (Å²) in [7, 11) is 0. The van der Waals surface area contributed by atoms with Gasteiger partial charge in [0.15, 0.2) is 11.6 Å². The largest absolute Gasteiger partial charge is 0.203 e. The highest BCUT2D eigenvalue weighted by atomic mass is 19.2. The number of halogens is 2. The molecule has 0 unspecified atom stereocenters. The molecule has 0 nitrogen and oxygen atoms in total. The fourth-order valence-corrected chi connectivity index (χ4v) is 2.12. The monoisotopic (exact) mass is 239 g/mol. The molecule has 0 aliphatic heterocycles. The van der Waals surface area contributed by atoms with Crippen LogP contribution in [0.1, 0.15) is 0 Å². The van der Waals surface area contributed by atoms with Gasteiger partial charge < -0.3 is 0 Å². The lowest BCUT2D eigenvalue weighted by Crippen LogP contribution is -1.90. The van der Waals surface area contributed by atoms with Gasteiger partial charge in [0.2, 0.25) is 0 Å². The molecule has 2 heteroatoms. The van der Waals surface area contributed by atoms with Gasteiger partial charge in [-0.25, -0.2) is 8.78 Å². The van der Waals surface area contributed by atoms with E-state index in [2.05, 4.69) is 6.07 Å². The van der Waals surface area contributed by atoms with E-state index >= 15 is 0 Å². The maximum absolute atomic E-state index is 13.8. The van der Waals surface area contributed by atoms with Crippen molar-refractivity contribution in [2.24, 2.45) is 0 Å². The molecule has 0 spiro atoms. The summed E-state index contributed by atoms with van der Waals surface area (Å²) in [5.74, 6) is -1.80. The molecule has 0 aliphatic carbocycles. The highest BCUT2D eigenvalue weighted by molar-refractivity contribution is 5.96. The zero-order valence-electron chi connectivity index (χ0n) is 9.45. The summed E-state index contributed by atoms with van der Waals surface area (Å²) < 4.78 is 27.0. The standard InChI is InChI=1S/C16H9F2/c17-15-10-4-9-14(16(15)18)13-8-3-6-11-5-1-2-7-12(11)13/h1-9H. The highest BCUT2D eigenvalue weighted by Gasteiger charge is 2.11. The molecule has 3 rings (SSSR count). The van der Waals surface area contributed by atoms with Crippen molar-refractivity contribution in [2.75, 3.05) is 0 Å². The van der Waals surface area contributed by atoms with Crippen molar-refractivity contribution in [3.05, 3.63) is 72.3 Å². The van der Waals surface area contributed by atoms with Crippen LogP contribution in [0.5, 0.6) is 0 Å². The molecule has 0 aromatic heterocycles. The summed E-state index contributed by atoms with van der Waals surface area (Å²) in [6.45, 7) is 0. The number of hydrogen-bond acceptors (Lipinski definition) is 0. The van der Waals surface area contributed by atoms with Crippen molar-refractivity contribution >= 4 is 10.8 Å². The number of benzene rings is 3. The first-order chi connectivity index (χ1) is 8.77. The summed E-state index contributed by atoms with van der Waals surface area (Å²) in [5, 5.41) is 1.91. The Morgan fingerprint density at radius 2 is 1.56 bits per heavy atom. The second-order valence-corrected chi connectivity index (χ2v) is 4.05. The van der Waals surface area contributed by atoms with Crippen LogP contribution in [0.25, 0.3) is 21.9 Å². The van der Waals surface area contributed by atoms with Crippen molar-refractivity contribution in [2.45, 2.75) is 0 Å². The van der Waals surface area contributed by atoms with Crippen LogP contribution in [0.15, 0.2) is 54.6 Å². The maximum Gasteiger partial charge on any atom is 0.167 e. The molecule has 87 valence electrons. The van der Waals surface area contributed by atoms with Crippen LogP contribution in [0.3, 0.4) is 0 Å². The molecule has 0 saturated heterocycles. The van der Waals surface area contributed by atoms with Crippen LogP contribution in [-0.4, -0.2) is 0 Å². The van der Waals surface area contributed by atoms with Gasteiger partial charge in [-0.05, 0) is 16.3 Å². The van der Waals surface area contributed by atoms with E-state index in [9.17, 15) is 8.78 Å². The lowest BCUT2D eigenvalue weighted by molar-refractivity contribution is 0.510. The molecule has 0 aliphatic rings. The van der Waals surface area contributed by atoms with E-state index < -0.39 is 11.6 Å². The third-order valence-corrected chi connectivity index (χ3v) is 2.97. The lowest BCUT2D eigenvalue weighted by atomic mass is 9.98. The molecule has 0 fully saturated rings. The van der Waals surface area contributed by atoms with Crippen LogP contribution in [0.2, 0.25) is 0 Å². The van der Waals surface area contributed by atoms with Gasteiger partial charge in [-0.2, -0.15) is 0 Å². The van der Waals surface area contributed by atoms with Crippen molar-refractivity contribution in [3.63, 3.8) is 0 Å². The molecule has 0 atom stereocenters. The summed E-state index contributed by atoms with van der Waals surface area (Å²) in [6.07, 6.45) is 0. The number of fused-ring (bicyclic) bond motifs is 1. The Morgan fingerprint density at radius 1 is 0.778 bits per heavy atom. The van der Waals surface area contributed by atoms with Gasteiger partial charge in [0.25, 0.3) is 0 Å². The molecule has 3 aromatic carbocycles. The molecule has 0 heterocycles. The van der Waals surface area contributed by atoms with E-state index in [0.29, 0.717) is 5.56 Å². The number of rotatable bonds is 1. The average Bonchev–Trinajstić information content (AvgIpc) is 2.41. The predicted octanol–water partition coefficient (Wildman–Crippen LogP) is 4.59. The molecule has 0 bridgehead atoms. The minimum Gasteiger partial charge on any atom is -0.203 e. The van der Waals surface area contributed by atoms with Gasteiger partial charge >= 0.3 is 0 Å². The van der Waals surface area contributed by atoms with Crippen LogP contribution < -0.4 is 0 Å². The first-order valence-corrected chi connectivity index (χ1v) is 5.61. The van der Waals surface area contributed by atoms with Gasteiger partial charge in [-0.3, -0.25) is 0 Å². The second-order valence-electron chi connectivity index (χ2n) is 4.05. The zero-order chi connectivity index (χ0) is 12.5. The van der Waals surface area contributed by atoms with E-state index in [1.54, 1.807) is 12.1 Å².